The Morgan fingerprint density at radius 2 is 2.06 bits per heavy atom. The van der Waals surface area contributed by atoms with E-state index in [1.165, 1.54) is 0 Å². The van der Waals surface area contributed by atoms with Crippen molar-refractivity contribution in [2.75, 3.05) is 13.2 Å². The predicted octanol–water partition coefficient (Wildman–Crippen LogP) is 2.19. The molecule has 2 rings (SSSR count). The van der Waals surface area contributed by atoms with E-state index in [-0.39, 0.29) is 0 Å². The molecule has 16 heavy (non-hydrogen) atoms. The van der Waals surface area contributed by atoms with Gasteiger partial charge in [-0.15, -0.1) is 0 Å². The van der Waals surface area contributed by atoms with Gasteiger partial charge in [-0.3, -0.25) is 0 Å². The second-order valence-electron chi connectivity index (χ2n) is 4.54. The molecule has 1 saturated heterocycles. The van der Waals surface area contributed by atoms with Crippen LogP contribution in [0.3, 0.4) is 0 Å². The lowest BCUT2D eigenvalue weighted by Gasteiger charge is -2.51. The first-order chi connectivity index (χ1) is 7.46. The Bertz CT molecular complexity index is 255. The highest BCUT2D eigenvalue weighted by Crippen LogP contribution is 2.43. The first kappa shape index (κ1) is 12.1. The van der Waals surface area contributed by atoms with Gasteiger partial charge in [0.05, 0.1) is 12.2 Å². The molecule has 1 unspecified atom stereocenters. The van der Waals surface area contributed by atoms with Crippen LogP contribution in [-0.4, -0.2) is 37.1 Å². The van der Waals surface area contributed by atoms with Gasteiger partial charge in [0.1, 0.15) is 0 Å². The molecule has 2 aliphatic rings. The molecule has 2 nitrogen and oxygen atoms in total. The van der Waals surface area contributed by atoms with Crippen molar-refractivity contribution in [3.05, 3.63) is 0 Å². The van der Waals surface area contributed by atoms with Gasteiger partial charge in [-0.1, -0.05) is 0 Å². The molecule has 1 spiro atoms. The number of hydrogen-bond acceptors (Lipinski definition) is 2. The smallest absolute Gasteiger partial charge is 0.309 e. The molecule has 1 aliphatic heterocycles. The molecule has 0 radical (unpaired) electrons. The van der Waals surface area contributed by atoms with E-state index >= 15 is 0 Å². The fourth-order valence-corrected chi connectivity index (χ4v) is 2.41. The molecule has 0 bridgehead atoms. The van der Waals surface area contributed by atoms with E-state index in [9.17, 15) is 17.6 Å². The number of ether oxygens (including phenoxy) is 1. The van der Waals surface area contributed by atoms with Gasteiger partial charge in [-0.25, -0.2) is 17.6 Å². The minimum absolute atomic E-state index is 0.450. The number of nitrogens with one attached hydrogen (secondary N) is 1. The normalized spacial score (nSPS) is 29.4. The molecule has 0 aromatic heterocycles. The molecule has 94 valence electrons. The molecule has 0 amide bonds. The molecule has 2 fully saturated rings. The maximum absolute atomic E-state index is 13.0. The van der Waals surface area contributed by atoms with Crippen LogP contribution in [0.2, 0.25) is 0 Å². The fraction of sp³-hybridized carbons (Fsp3) is 1.00. The standard InChI is InChI=1S/C10H15F4NO/c11-8(12)10(13,14)6-7-9(2-1-3-9)16-5-4-15-7/h7-8,15H,1-6H2. The van der Waals surface area contributed by atoms with Crippen LogP contribution in [0.5, 0.6) is 0 Å². The van der Waals surface area contributed by atoms with Crippen LogP contribution < -0.4 is 5.32 Å². The third-order valence-electron chi connectivity index (χ3n) is 3.51. The zero-order chi connectivity index (χ0) is 11.8. The largest absolute Gasteiger partial charge is 0.372 e. The van der Waals surface area contributed by atoms with E-state index < -0.39 is 30.4 Å². The minimum atomic E-state index is -3.93. The average Bonchev–Trinajstić information content (AvgIpc) is 2.15. The minimum Gasteiger partial charge on any atom is -0.372 e. The third kappa shape index (κ3) is 2.05. The number of alkyl halides is 4. The number of morpholine rings is 1. The monoisotopic (exact) mass is 241 g/mol. The lowest BCUT2D eigenvalue weighted by atomic mass is 9.72. The summed E-state index contributed by atoms with van der Waals surface area (Å²) in [7, 11) is 0. The summed E-state index contributed by atoms with van der Waals surface area (Å²) in [5, 5.41) is 2.88. The Labute approximate surface area is 91.3 Å². The SMILES string of the molecule is FC(F)C(F)(F)CC1NCCOC12CCC2. The Kier molecular flexibility index (Phi) is 3.13. The van der Waals surface area contributed by atoms with Gasteiger partial charge in [0, 0.05) is 19.0 Å². The zero-order valence-electron chi connectivity index (χ0n) is 8.82. The Morgan fingerprint density at radius 1 is 1.38 bits per heavy atom. The summed E-state index contributed by atoms with van der Waals surface area (Å²) in [6.45, 7) is 0.919. The highest BCUT2D eigenvalue weighted by Gasteiger charge is 2.53. The van der Waals surface area contributed by atoms with Crippen LogP contribution in [0.15, 0.2) is 0 Å². The van der Waals surface area contributed by atoms with Crippen molar-refractivity contribution < 1.29 is 22.3 Å². The van der Waals surface area contributed by atoms with Crippen molar-refractivity contribution in [3.8, 4) is 0 Å². The Hall–Kier alpha value is -0.360. The van der Waals surface area contributed by atoms with E-state index in [0.29, 0.717) is 26.0 Å². The quantitative estimate of drug-likeness (QED) is 0.765. The van der Waals surface area contributed by atoms with Crippen molar-refractivity contribution in [1.82, 2.24) is 5.32 Å². The summed E-state index contributed by atoms with van der Waals surface area (Å²) < 4.78 is 55.7. The molecule has 1 saturated carbocycles. The summed E-state index contributed by atoms with van der Waals surface area (Å²) in [6.07, 6.45) is -2.16. The zero-order valence-corrected chi connectivity index (χ0v) is 8.82. The highest BCUT2D eigenvalue weighted by molar-refractivity contribution is 5.03. The third-order valence-corrected chi connectivity index (χ3v) is 3.51. The summed E-state index contributed by atoms with van der Waals surface area (Å²) in [4.78, 5) is 0. The molecule has 1 aliphatic carbocycles. The molecule has 1 atom stereocenters. The van der Waals surface area contributed by atoms with Gasteiger partial charge < -0.3 is 10.1 Å². The van der Waals surface area contributed by atoms with Crippen LogP contribution in [0.25, 0.3) is 0 Å². The summed E-state index contributed by atoms with van der Waals surface area (Å²) in [5.41, 5.74) is -0.615. The van der Waals surface area contributed by atoms with Crippen molar-refractivity contribution in [3.63, 3.8) is 0 Å². The van der Waals surface area contributed by atoms with Crippen LogP contribution >= 0.6 is 0 Å². The molecular formula is C10H15F4NO. The van der Waals surface area contributed by atoms with E-state index in [2.05, 4.69) is 5.32 Å². The maximum atomic E-state index is 13.0. The van der Waals surface area contributed by atoms with Gasteiger partial charge in [0.2, 0.25) is 0 Å². The summed E-state index contributed by atoms with van der Waals surface area (Å²) >= 11 is 0. The van der Waals surface area contributed by atoms with Crippen molar-refractivity contribution in [2.45, 2.75) is 49.7 Å². The molecule has 6 heteroatoms. The highest BCUT2D eigenvalue weighted by atomic mass is 19.3. The van der Waals surface area contributed by atoms with E-state index in [1.807, 2.05) is 0 Å². The van der Waals surface area contributed by atoms with E-state index in [4.69, 9.17) is 4.74 Å². The molecular weight excluding hydrogens is 226 g/mol. The van der Waals surface area contributed by atoms with Gasteiger partial charge in [0.25, 0.3) is 0 Å². The second-order valence-corrected chi connectivity index (χ2v) is 4.54. The van der Waals surface area contributed by atoms with Gasteiger partial charge in [-0.05, 0) is 19.3 Å². The number of rotatable bonds is 3. The van der Waals surface area contributed by atoms with E-state index in [1.54, 1.807) is 0 Å². The van der Waals surface area contributed by atoms with Crippen molar-refractivity contribution >= 4 is 0 Å². The van der Waals surface area contributed by atoms with Crippen molar-refractivity contribution in [2.24, 2.45) is 0 Å². The van der Waals surface area contributed by atoms with Gasteiger partial charge in [0.15, 0.2) is 0 Å². The van der Waals surface area contributed by atoms with Crippen LogP contribution in [-0.2, 0) is 4.74 Å². The lowest BCUT2D eigenvalue weighted by molar-refractivity contribution is -0.186. The lowest BCUT2D eigenvalue weighted by Crippen LogP contribution is -2.63. The topological polar surface area (TPSA) is 21.3 Å². The average molecular weight is 241 g/mol. The Morgan fingerprint density at radius 3 is 2.56 bits per heavy atom. The van der Waals surface area contributed by atoms with E-state index in [0.717, 1.165) is 6.42 Å². The van der Waals surface area contributed by atoms with Crippen LogP contribution in [0.4, 0.5) is 17.6 Å². The summed E-state index contributed by atoms with van der Waals surface area (Å²) in [5.74, 6) is -3.93. The fourth-order valence-electron chi connectivity index (χ4n) is 2.41. The van der Waals surface area contributed by atoms with Gasteiger partial charge >= 0.3 is 12.3 Å². The predicted molar refractivity (Wildman–Crippen MR) is 49.9 cm³/mol. The molecule has 1 heterocycles. The molecule has 0 aromatic carbocycles. The maximum Gasteiger partial charge on any atom is 0.309 e. The van der Waals surface area contributed by atoms with Crippen molar-refractivity contribution in [1.29, 1.82) is 0 Å². The molecule has 1 N–H and O–H groups in total. The van der Waals surface area contributed by atoms with Crippen LogP contribution in [0, 0.1) is 0 Å². The second kappa shape index (κ2) is 4.14. The Balaban J connectivity index is 2.02. The van der Waals surface area contributed by atoms with Crippen LogP contribution in [0.1, 0.15) is 25.7 Å². The van der Waals surface area contributed by atoms with Gasteiger partial charge in [-0.2, -0.15) is 0 Å². The molecule has 0 aromatic rings. The first-order valence-electron chi connectivity index (χ1n) is 5.50. The summed E-state index contributed by atoms with van der Waals surface area (Å²) in [6, 6.07) is -0.654. The first-order valence-corrected chi connectivity index (χ1v) is 5.50. The number of halogens is 4. The number of hydrogen-bond donors (Lipinski definition) is 1.